The number of carbonyl (C=O) groups is 1. The summed E-state index contributed by atoms with van der Waals surface area (Å²) in [4.78, 5) is 11.6. The number of rotatable bonds is 32. The smallest absolute Gasteiger partial charge is 0.313 e. The number of hydrogen-bond acceptors (Lipinski definition) is 12. The molecule has 0 heterocycles. The Labute approximate surface area is 279 Å². The zero-order chi connectivity index (χ0) is 35.5. The highest BCUT2D eigenvalue weighted by Gasteiger charge is 2.28. The molecule has 0 amide bonds. The van der Waals surface area contributed by atoms with Gasteiger partial charge in [-0.15, -0.1) is 0 Å². The normalized spacial score (nSPS) is 11.8. The summed E-state index contributed by atoms with van der Waals surface area (Å²) in [5, 5.41) is 0. The van der Waals surface area contributed by atoms with Gasteiger partial charge in [-0.25, -0.2) is 13.2 Å². The summed E-state index contributed by atoms with van der Waals surface area (Å²) < 4.78 is 125. The van der Waals surface area contributed by atoms with Gasteiger partial charge in [0, 0.05) is 0 Å². The Morgan fingerprint density at radius 2 is 0.667 bits per heavy atom. The van der Waals surface area contributed by atoms with Crippen molar-refractivity contribution >= 4 is 14.3 Å². The molecule has 0 bridgehead atoms. The Bertz CT molecular complexity index is 962. The maximum atomic E-state index is 13.5. The van der Waals surface area contributed by atoms with Gasteiger partial charge < -0.3 is 51.8 Å². The van der Waals surface area contributed by atoms with E-state index >= 15 is 0 Å². The van der Waals surface area contributed by atoms with E-state index in [1.165, 1.54) is 0 Å². The molecule has 12 nitrogen and oxygen atoms in total. The number of ether oxygens (including phenoxy) is 10. The number of hydrogen-bond donors (Lipinski definition) is 0. The van der Waals surface area contributed by atoms with Gasteiger partial charge >= 0.3 is 5.97 Å². The first kappa shape index (κ1) is 44.2. The molecule has 280 valence electrons. The van der Waals surface area contributed by atoms with Gasteiger partial charge in [0.25, 0.3) is 0 Å². The van der Waals surface area contributed by atoms with Crippen LogP contribution < -0.4 is 4.74 Å². The van der Waals surface area contributed by atoms with Gasteiger partial charge in [0.15, 0.2) is 8.32 Å². The van der Waals surface area contributed by atoms with Gasteiger partial charge in [-0.2, -0.15) is 8.78 Å². The SMILES string of the molecule is C[Si](C)(C)OCCOCCOCCOCCOCCOCCOCCOCCOCCOCCC(=O)Oc1c(F)c(F)c(F)c(F)c1F. The van der Waals surface area contributed by atoms with E-state index in [4.69, 9.17) is 47.1 Å². The van der Waals surface area contributed by atoms with Crippen LogP contribution in [0, 0.1) is 29.1 Å². The van der Waals surface area contributed by atoms with Crippen LogP contribution in [0.3, 0.4) is 0 Å². The molecule has 0 spiro atoms. The highest BCUT2D eigenvalue weighted by atomic mass is 28.4. The largest absolute Gasteiger partial charge is 0.420 e. The van der Waals surface area contributed by atoms with Crippen molar-refractivity contribution in [1.82, 2.24) is 0 Å². The van der Waals surface area contributed by atoms with Crippen LogP contribution in [0.2, 0.25) is 19.6 Å². The molecule has 0 saturated heterocycles. The quantitative estimate of drug-likeness (QED) is 0.0205. The van der Waals surface area contributed by atoms with Gasteiger partial charge in [-0.1, -0.05) is 0 Å². The Morgan fingerprint density at radius 3 is 0.958 bits per heavy atom. The predicted octanol–water partition coefficient (Wildman–Crippen LogP) is 3.68. The van der Waals surface area contributed by atoms with Crippen molar-refractivity contribution in [2.24, 2.45) is 0 Å². The summed E-state index contributed by atoms with van der Waals surface area (Å²) >= 11 is 0. The van der Waals surface area contributed by atoms with E-state index in [2.05, 4.69) is 24.4 Å². The molecule has 48 heavy (non-hydrogen) atoms. The minimum Gasteiger partial charge on any atom is -0.420 e. The van der Waals surface area contributed by atoms with Crippen molar-refractivity contribution in [3.05, 3.63) is 29.1 Å². The maximum Gasteiger partial charge on any atom is 0.313 e. The van der Waals surface area contributed by atoms with E-state index in [1.54, 1.807) is 0 Å². The minimum absolute atomic E-state index is 0.0835. The summed E-state index contributed by atoms with van der Waals surface area (Å²) in [6, 6.07) is 0. The van der Waals surface area contributed by atoms with Crippen LogP contribution in [0.1, 0.15) is 6.42 Å². The van der Waals surface area contributed by atoms with Gasteiger partial charge in [0.2, 0.25) is 34.8 Å². The van der Waals surface area contributed by atoms with Crippen LogP contribution in [-0.2, 0) is 51.9 Å². The van der Waals surface area contributed by atoms with Crippen molar-refractivity contribution in [2.45, 2.75) is 26.1 Å². The Balaban J connectivity index is 1.77. The maximum absolute atomic E-state index is 13.5. The first-order valence-electron chi connectivity index (χ1n) is 15.6. The second-order valence-electron chi connectivity index (χ2n) is 10.6. The molecule has 1 aromatic rings. The van der Waals surface area contributed by atoms with Gasteiger partial charge in [-0.05, 0) is 19.6 Å². The molecule has 0 unspecified atom stereocenters. The van der Waals surface area contributed by atoms with E-state index in [0.29, 0.717) is 99.1 Å². The van der Waals surface area contributed by atoms with Gasteiger partial charge in [0.05, 0.1) is 132 Å². The summed E-state index contributed by atoms with van der Waals surface area (Å²) in [6.07, 6.45) is -0.484. The van der Waals surface area contributed by atoms with Crippen LogP contribution in [0.15, 0.2) is 0 Å². The van der Waals surface area contributed by atoms with Gasteiger partial charge in [0.1, 0.15) is 0 Å². The van der Waals surface area contributed by atoms with Crippen LogP contribution >= 0.6 is 0 Å². The lowest BCUT2D eigenvalue weighted by Crippen LogP contribution is -2.27. The van der Waals surface area contributed by atoms with E-state index < -0.39 is 55.5 Å². The monoisotopic (exact) mass is 724 g/mol. The lowest BCUT2D eigenvalue weighted by atomic mass is 10.2. The van der Waals surface area contributed by atoms with Crippen molar-refractivity contribution in [2.75, 3.05) is 126 Å². The average molecular weight is 725 g/mol. The number of benzene rings is 1. The number of halogens is 5. The molecule has 0 radical (unpaired) electrons. The Morgan fingerprint density at radius 1 is 0.417 bits per heavy atom. The van der Waals surface area contributed by atoms with Crippen molar-refractivity contribution < 1.29 is 78.5 Å². The molecule has 0 fully saturated rings. The van der Waals surface area contributed by atoms with Crippen LogP contribution in [0.25, 0.3) is 0 Å². The lowest BCUT2D eigenvalue weighted by Gasteiger charge is -2.16. The van der Waals surface area contributed by atoms with E-state index in [9.17, 15) is 26.7 Å². The van der Waals surface area contributed by atoms with Crippen LogP contribution in [-0.4, -0.2) is 140 Å². The topological polar surface area (TPSA) is 119 Å². The second-order valence-corrected chi connectivity index (χ2v) is 15.1. The Hall–Kier alpha value is -1.84. The van der Waals surface area contributed by atoms with Crippen molar-refractivity contribution in [3.8, 4) is 5.75 Å². The molecule has 0 saturated carbocycles. The molecule has 0 aromatic heterocycles. The lowest BCUT2D eigenvalue weighted by molar-refractivity contribution is -0.136. The molecule has 0 atom stereocenters. The van der Waals surface area contributed by atoms with E-state index in [0.717, 1.165) is 0 Å². The third-order valence-corrected chi connectivity index (χ3v) is 6.64. The molecule has 1 rings (SSSR count). The highest BCUT2D eigenvalue weighted by Crippen LogP contribution is 2.29. The highest BCUT2D eigenvalue weighted by molar-refractivity contribution is 6.69. The summed E-state index contributed by atoms with van der Waals surface area (Å²) in [5.74, 6) is -14.1. The third kappa shape index (κ3) is 22.7. The molecule has 0 aliphatic rings. The third-order valence-electron chi connectivity index (χ3n) is 5.57. The molecular weight excluding hydrogens is 675 g/mol. The van der Waals surface area contributed by atoms with Crippen LogP contribution in [0.4, 0.5) is 22.0 Å². The summed E-state index contributed by atoms with van der Waals surface area (Å²) in [5.41, 5.74) is 0. The molecule has 0 N–H and O–H groups in total. The summed E-state index contributed by atoms with van der Waals surface area (Å²) in [7, 11) is -1.48. The fraction of sp³-hybridized carbons (Fsp3) is 0.767. The second kappa shape index (κ2) is 27.9. The number of esters is 1. The zero-order valence-corrected chi connectivity index (χ0v) is 28.9. The molecule has 18 heteroatoms. The zero-order valence-electron chi connectivity index (χ0n) is 27.9. The van der Waals surface area contributed by atoms with Crippen molar-refractivity contribution in [1.29, 1.82) is 0 Å². The molecule has 1 aromatic carbocycles. The standard InChI is InChI=1S/C30H49F5O12Si/c1-48(2,3)46-23-22-45-21-20-44-19-18-43-17-16-42-15-14-41-13-12-40-11-10-39-9-8-38-7-6-37-5-4-24(36)47-30-28(34)26(32)25(31)27(33)29(30)35/h4-23H2,1-3H3. The van der Waals surface area contributed by atoms with Gasteiger partial charge in [-0.3, -0.25) is 4.79 Å². The fourth-order valence-corrected chi connectivity index (χ4v) is 3.96. The fourth-order valence-electron chi connectivity index (χ4n) is 3.26. The summed E-state index contributed by atoms with van der Waals surface area (Å²) in [6.45, 7) is 13.7. The Kier molecular flexibility index (Phi) is 25.7. The average Bonchev–Trinajstić information content (AvgIpc) is 3.05. The molecule has 0 aliphatic carbocycles. The molecule has 0 aliphatic heterocycles. The number of carbonyl (C=O) groups excluding carboxylic acids is 1. The molecular formula is C30H49F5O12Si. The van der Waals surface area contributed by atoms with Crippen LogP contribution in [0.5, 0.6) is 5.75 Å². The minimum atomic E-state index is -2.35. The first-order chi connectivity index (χ1) is 23.0. The predicted molar refractivity (Wildman–Crippen MR) is 163 cm³/mol. The van der Waals surface area contributed by atoms with E-state index in [1.807, 2.05) is 0 Å². The first-order valence-corrected chi connectivity index (χ1v) is 19.0. The van der Waals surface area contributed by atoms with E-state index in [-0.39, 0.29) is 26.4 Å². The van der Waals surface area contributed by atoms with Crippen molar-refractivity contribution in [3.63, 3.8) is 0 Å².